The molecule has 1 fully saturated rings. The third-order valence-electron chi connectivity index (χ3n) is 5.23. The van der Waals surface area contributed by atoms with Crippen LogP contribution in [0.3, 0.4) is 0 Å². The molecule has 0 atom stereocenters. The van der Waals surface area contributed by atoms with Gasteiger partial charge in [-0.15, -0.1) is 0 Å². The summed E-state index contributed by atoms with van der Waals surface area (Å²) in [5.74, 6) is -0.894. The number of hydrogen-bond donors (Lipinski definition) is 2. The van der Waals surface area contributed by atoms with Crippen LogP contribution in [0.1, 0.15) is 16.7 Å². The summed E-state index contributed by atoms with van der Waals surface area (Å²) in [7, 11) is 0. The maximum absolute atomic E-state index is 13.1. The highest BCUT2D eigenvalue weighted by Gasteiger charge is 2.35. The van der Waals surface area contributed by atoms with Crippen molar-refractivity contribution in [3.63, 3.8) is 0 Å². The fourth-order valence-electron chi connectivity index (χ4n) is 3.40. The Hall–Kier alpha value is -3.50. The van der Waals surface area contributed by atoms with E-state index in [9.17, 15) is 18.8 Å². The van der Waals surface area contributed by atoms with E-state index in [-0.39, 0.29) is 18.1 Å². The molecule has 1 saturated heterocycles. The number of halogens is 3. The first-order chi connectivity index (χ1) is 17.2. The van der Waals surface area contributed by atoms with E-state index in [1.807, 2.05) is 19.1 Å². The van der Waals surface area contributed by atoms with Gasteiger partial charge >= 0.3 is 6.03 Å². The fourth-order valence-corrected chi connectivity index (χ4v) is 4.85. The first-order valence-electron chi connectivity index (χ1n) is 10.8. The lowest BCUT2D eigenvalue weighted by atomic mass is 10.2. The van der Waals surface area contributed by atoms with E-state index in [0.717, 1.165) is 16.0 Å². The van der Waals surface area contributed by atoms with Gasteiger partial charge in [0.1, 0.15) is 30.4 Å². The summed E-state index contributed by atoms with van der Waals surface area (Å²) < 4.78 is 20.2. The molecule has 3 aromatic rings. The molecule has 184 valence electrons. The second kappa shape index (κ2) is 11.0. The van der Waals surface area contributed by atoms with Gasteiger partial charge < -0.3 is 15.4 Å². The highest BCUT2D eigenvalue weighted by molar-refractivity contribution is 9.11. The Labute approximate surface area is 223 Å². The Bertz CT molecular complexity index is 1340. The van der Waals surface area contributed by atoms with Crippen LogP contribution >= 0.6 is 31.9 Å². The zero-order chi connectivity index (χ0) is 25.8. The van der Waals surface area contributed by atoms with Gasteiger partial charge in [-0.2, -0.15) is 0 Å². The number of amides is 4. The predicted molar refractivity (Wildman–Crippen MR) is 141 cm³/mol. The number of hydrogen-bond acceptors (Lipinski definition) is 4. The second-order valence-corrected chi connectivity index (χ2v) is 9.73. The molecule has 4 amide bonds. The molecule has 3 aromatic carbocycles. The summed E-state index contributed by atoms with van der Waals surface area (Å²) in [5, 5.41) is 5.18. The van der Waals surface area contributed by atoms with Gasteiger partial charge in [0.2, 0.25) is 5.91 Å². The number of ether oxygens (including phenoxy) is 1. The van der Waals surface area contributed by atoms with Gasteiger partial charge in [-0.05, 0) is 92.4 Å². The van der Waals surface area contributed by atoms with Crippen molar-refractivity contribution in [1.29, 1.82) is 0 Å². The molecule has 36 heavy (non-hydrogen) atoms. The number of nitrogens with zero attached hydrogens (tertiary/aromatic N) is 1. The van der Waals surface area contributed by atoms with Gasteiger partial charge in [0, 0.05) is 5.69 Å². The Balaban J connectivity index is 1.43. The van der Waals surface area contributed by atoms with Gasteiger partial charge in [-0.1, -0.05) is 29.8 Å². The van der Waals surface area contributed by atoms with Gasteiger partial charge in [-0.25, -0.2) is 14.1 Å². The number of benzene rings is 3. The number of anilines is 1. The molecule has 0 spiro atoms. The molecule has 0 aromatic heterocycles. The Morgan fingerprint density at radius 3 is 2.33 bits per heavy atom. The van der Waals surface area contributed by atoms with E-state index >= 15 is 0 Å². The lowest BCUT2D eigenvalue weighted by Crippen LogP contribution is -2.38. The molecular weight excluding hydrogens is 597 g/mol. The molecule has 0 saturated carbocycles. The highest BCUT2D eigenvalue weighted by Crippen LogP contribution is 2.36. The topological polar surface area (TPSA) is 87.7 Å². The first-order valence-corrected chi connectivity index (χ1v) is 12.4. The third-order valence-corrected chi connectivity index (χ3v) is 6.41. The first kappa shape index (κ1) is 25.6. The molecule has 1 aliphatic heterocycles. The molecule has 0 aliphatic carbocycles. The van der Waals surface area contributed by atoms with Crippen molar-refractivity contribution >= 4 is 61.5 Å². The maximum atomic E-state index is 13.1. The monoisotopic (exact) mass is 615 g/mol. The predicted octanol–water partition coefficient (Wildman–Crippen LogP) is 5.77. The van der Waals surface area contributed by atoms with Crippen LogP contribution in [0.15, 0.2) is 75.3 Å². The zero-order valence-corrected chi connectivity index (χ0v) is 22.2. The van der Waals surface area contributed by atoms with E-state index in [4.69, 9.17) is 4.74 Å². The lowest BCUT2D eigenvalue weighted by molar-refractivity contribution is -0.127. The van der Waals surface area contributed by atoms with Crippen LogP contribution in [0.25, 0.3) is 6.08 Å². The van der Waals surface area contributed by atoms with Crippen molar-refractivity contribution in [2.75, 3.05) is 11.9 Å². The van der Waals surface area contributed by atoms with Crippen molar-refractivity contribution < 1.29 is 23.5 Å². The van der Waals surface area contributed by atoms with Crippen molar-refractivity contribution in [3.8, 4) is 5.75 Å². The summed E-state index contributed by atoms with van der Waals surface area (Å²) in [4.78, 5) is 38.4. The van der Waals surface area contributed by atoms with E-state index in [0.29, 0.717) is 25.9 Å². The minimum atomic E-state index is -0.678. The number of rotatable bonds is 7. The van der Waals surface area contributed by atoms with Crippen LogP contribution in [-0.4, -0.2) is 29.3 Å². The van der Waals surface area contributed by atoms with Gasteiger partial charge in [0.15, 0.2) is 0 Å². The Morgan fingerprint density at radius 1 is 1.06 bits per heavy atom. The summed E-state index contributed by atoms with van der Waals surface area (Å²) >= 11 is 6.92. The average molecular weight is 617 g/mol. The number of carbonyl (C=O) groups is 3. The summed E-state index contributed by atoms with van der Waals surface area (Å²) in [5.41, 5.74) is 3.07. The maximum Gasteiger partial charge on any atom is 0.329 e. The number of urea groups is 1. The Kier molecular flexibility index (Phi) is 7.85. The molecule has 1 aliphatic rings. The van der Waals surface area contributed by atoms with Crippen molar-refractivity contribution in [2.45, 2.75) is 13.5 Å². The summed E-state index contributed by atoms with van der Waals surface area (Å²) in [6.07, 6.45) is 1.51. The number of nitrogens with one attached hydrogen (secondary N) is 2. The van der Waals surface area contributed by atoms with Crippen molar-refractivity contribution in [2.24, 2.45) is 0 Å². The van der Waals surface area contributed by atoms with Gasteiger partial charge in [-0.3, -0.25) is 9.59 Å². The fraction of sp³-hybridized carbons (Fsp3) is 0.115. The average Bonchev–Trinajstić information content (AvgIpc) is 3.08. The summed E-state index contributed by atoms with van der Waals surface area (Å²) in [6, 6.07) is 15.9. The van der Waals surface area contributed by atoms with E-state index in [1.165, 1.54) is 18.2 Å². The van der Waals surface area contributed by atoms with Gasteiger partial charge in [0.05, 0.1) is 8.95 Å². The standard InChI is InChI=1S/C26H20Br2FN3O4/c1-15-2-8-19(9-3-15)30-23(33)13-32-25(34)22(31-26(32)35)12-17-10-20(27)24(21(28)11-17)36-14-16-4-6-18(29)7-5-16/h2-12H,13-14H2,1H3,(H,30,33)(H,31,35)/b22-12+. The van der Waals surface area contributed by atoms with E-state index in [2.05, 4.69) is 42.5 Å². The van der Waals surface area contributed by atoms with Crippen LogP contribution in [0, 0.1) is 12.7 Å². The smallest absolute Gasteiger partial charge is 0.329 e. The molecule has 10 heteroatoms. The number of carbonyl (C=O) groups excluding carboxylic acids is 3. The van der Waals surface area contributed by atoms with Crippen LogP contribution in [0.5, 0.6) is 5.75 Å². The molecule has 2 N–H and O–H groups in total. The normalized spacial score (nSPS) is 14.2. The van der Waals surface area contributed by atoms with Gasteiger partial charge in [0.25, 0.3) is 5.91 Å². The minimum absolute atomic E-state index is 0.0434. The van der Waals surface area contributed by atoms with Crippen LogP contribution in [0.2, 0.25) is 0 Å². The third kappa shape index (κ3) is 6.19. The molecule has 0 radical (unpaired) electrons. The zero-order valence-electron chi connectivity index (χ0n) is 19.0. The Morgan fingerprint density at radius 2 is 1.69 bits per heavy atom. The second-order valence-electron chi connectivity index (χ2n) is 8.02. The number of aryl methyl sites for hydroxylation is 1. The summed E-state index contributed by atoms with van der Waals surface area (Å²) in [6.45, 7) is 1.74. The van der Waals surface area contributed by atoms with Crippen LogP contribution in [0.4, 0.5) is 14.9 Å². The molecule has 0 bridgehead atoms. The lowest BCUT2D eigenvalue weighted by Gasteiger charge is -2.12. The SMILES string of the molecule is Cc1ccc(NC(=O)CN2C(=O)N/C(=C/c3cc(Br)c(OCc4ccc(F)cc4)c(Br)c3)C2=O)cc1. The molecule has 0 unspecified atom stereocenters. The van der Waals surface area contributed by atoms with E-state index in [1.54, 1.807) is 36.4 Å². The highest BCUT2D eigenvalue weighted by atomic mass is 79.9. The minimum Gasteiger partial charge on any atom is -0.487 e. The van der Waals surface area contributed by atoms with Crippen molar-refractivity contribution in [3.05, 3.63) is 97.8 Å². The molecular formula is C26H20Br2FN3O4. The number of imide groups is 1. The molecule has 4 rings (SSSR count). The van der Waals surface area contributed by atoms with Crippen LogP contribution < -0.4 is 15.4 Å². The van der Waals surface area contributed by atoms with Crippen molar-refractivity contribution in [1.82, 2.24) is 10.2 Å². The molecule has 1 heterocycles. The van der Waals surface area contributed by atoms with E-state index < -0.39 is 24.4 Å². The molecule has 7 nitrogen and oxygen atoms in total. The largest absolute Gasteiger partial charge is 0.487 e. The quantitative estimate of drug-likeness (QED) is 0.261. The van der Waals surface area contributed by atoms with Crippen LogP contribution in [-0.2, 0) is 16.2 Å².